The summed E-state index contributed by atoms with van der Waals surface area (Å²) in [6.07, 6.45) is 1.58. The second-order valence-electron chi connectivity index (χ2n) is 4.42. The molecule has 1 amide bonds. The molecule has 1 rings (SSSR count). The third kappa shape index (κ3) is 4.34. The molecule has 0 radical (unpaired) electrons. The molecule has 1 aromatic carbocycles. The van der Waals surface area contributed by atoms with Gasteiger partial charge < -0.3 is 16.3 Å². The fourth-order valence-corrected chi connectivity index (χ4v) is 1.94. The molecule has 6 nitrogen and oxygen atoms in total. The zero-order valence-electron chi connectivity index (χ0n) is 11.4. The van der Waals surface area contributed by atoms with Crippen molar-refractivity contribution in [3.8, 4) is 0 Å². The Morgan fingerprint density at radius 1 is 1.45 bits per heavy atom. The molecule has 0 heterocycles. The lowest BCUT2D eigenvalue weighted by Gasteiger charge is -2.17. The van der Waals surface area contributed by atoms with E-state index in [9.17, 15) is 9.00 Å². The molecule has 0 bridgehead atoms. The van der Waals surface area contributed by atoms with Gasteiger partial charge in [-0.15, -0.1) is 0 Å². The van der Waals surface area contributed by atoms with Gasteiger partial charge in [0.05, 0.1) is 0 Å². The Labute approximate surface area is 120 Å². The second-order valence-corrected chi connectivity index (χ2v) is 6.22. The molecule has 0 fully saturated rings. The second kappa shape index (κ2) is 7.64. The van der Waals surface area contributed by atoms with E-state index >= 15 is 0 Å². The molecule has 4 N–H and O–H groups in total. The van der Waals surface area contributed by atoms with E-state index in [1.54, 1.807) is 37.4 Å². The van der Waals surface area contributed by atoms with Gasteiger partial charge >= 0.3 is 0 Å². The summed E-state index contributed by atoms with van der Waals surface area (Å²) in [5.41, 5.74) is 6.23. The van der Waals surface area contributed by atoms with E-state index < -0.39 is 16.7 Å². The largest absolute Gasteiger partial charge is 0.409 e. The van der Waals surface area contributed by atoms with Crippen LogP contribution in [-0.2, 0) is 15.6 Å². The highest BCUT2D eigenvalue weighted by atomic mass is 32.2. The highest BCUT2D eigenvalue weighted by molar-refractivity contribution is 7.84. The Morgan fingerprint density at radius 3 is 2.55 bits per heavy atom. The minimum absolute atomic E-state index is 0.164. The van der Waals surface area contributed by atoms with Crippen LogP contribution in [0.15, 0.2) is 35.5 Å². The summed E-state index contributed by atoms with van der Waals surface area (Å²) in [4.78, 5) is 12.2. The summed E-state index contributed by atoms with van der Waals surface area (Å²) < 4.78 is 11.3. The van der Waals surface area contributed by atoms with Gasteiger partial charge in [-0.05, 0) is 12.5 Å². The van der Waals surface area contributed by atoms with Crippen molar-refractivity contribution >= 4 is 22.5 Å². The van der Waals surface area contributed by atoms with Crippen LogP contribution in [0.4, 0.5) is 0 Å². The van der Waals surface area contributed by atoms with Gasteiger partial charge in [0.2, 0.25) is 5.91 Å². The van der Waals surface area contributed by atoms with E-state index in [1.807, 2.05) is 6.07 Å². The SMILES string of the molecule is CC(CNC(=O)C(/C(N)=N/O)c1ccccc1)S(C)=O. The van der Waals surface area contributed by atoms with Gasteiger partial charge in [0.1, 0.15) is 5.92 Å². The fourth-order valence-electron chi connectivity index (χ4n) is 1.62. The minimum atomic E-state index is -1.02. The summed E-state index contributed by atoms with van der Waals surface area (Å²) in [6, 6.07) is 8.80. The van der Waals surface area contributed by atoms with Crippen molar-refractivity contribution in [2.24, 2.45) is 10.9 Å². The van der Waals surface area contributed by atoms with Gasteiger partial charge in [0.15, 0.2) is 5.84 Å². The Balaban J connectivity index is 2.85. The number of amidine groups is 1. The van der Waals surface area contributed by atoms with Crippen LogP contribution in [0.25, 0.3) is 0 Å². The Hall–Kier alpha value is -1.89. The summed E-state index contributed by atoms with van der Waals surface area (Å²) in [5.74, 6) is -1.43. The van der Waals surface area contributed by atoms with Gasteiger partial charge in [-0.2, -0.15) is 0 Å². The number of hydrogen-bond acceptors (Lipinski definition) is 4. The number of benzene rings is 1. The molecular weight excluding hydrogens is 278 g/mol. The number of nitrogens with one attached hydrogen (secondary N) is 1. The number of carbonyl (C=O) groups excluding carboxylic acids is 1. The van der Waals surface area contributed by atoms with Crippen molar-refractivity contribution < 1.29 is 14.2 Å². The molecule has 0 aromatic heterocycles. The van der Waals surface area contributed by atoms with Crippen molar-refractivity contribution in [2.45, 2.75) is 18.1 Å². The normalized spacial score (nSPS) is 16.2. The maximum atomic E-state index is 12.2. The number of hydrogen-bond donors (Lipinski definition) is 3. The lowest BCUT2D eigenvalue weighted by atomic mass is 9.97. The summed E-state index contributed by atoms with van der Waals surface area (Å²) in [7, 11) is -1.02. The summed E-state index contributed by atoms with van der Waals surface area (Å²) in [5, 5.41) is 14.2. The van der Waals surface area contributed by atoms with Crippen molar-refractivity contribution in [1.29, 1.82) is 0 Å². The van der Waals surface area contributed by atoms with Crippen molar-refractivity contribution in [3.63, 3.8) is 0 Å². The van der Waals surface area contributed by atoms with Gasteiger partial charge in [-0.25, -0.2) is 0 Å². The monoisotopic (exact) mass is 297 g/mol. The van der Waals surface area contributed by atoms with Crippen LogP contribution in [0, 0.1) is 0 Å². The number of rotatable bonds is 6. The molecule has 110 valence electrons. The molecular formula is C13H19N3O3S. The Kier molecular flexibility index (Phi) is 6.17. The van der Waals surface area contributed by atoms with Crippen LogP contribution in [0.3, 0.4) is 0 Å². The van der Waals surface area contributed by atoms with E-state index in [-0.39, 0.29) is 23.5 Å². The molecule has 0 aliphatic heterocycles. The van der Waals surface area contributed by atoms with Crippen LogP contribution >= 0.6 is 0 Å². The molecule has 0 saturated carbocycles. The smallest absolute Gasteiger partial charge is 0.235 e. The average Bonchev–Trinajstić information content (AvgIpc) is 2.45. The van der Waals surface area contributed by atoms with E-state index in [0.29, 0.717) is 5.56 Å². The number of nitrogens with two attached hydrogens (primary N) is 1. The Morgan fingerprint density at radius 2 is 2.05 bits per heavy atom. The van der Waals surface area contributed by atoms with Crippen LogP contribution in [0.2, 0.25) is 0 Å². The van der Waals surface area contributed by atoms with E-state index in [4.69, 9.17) is 10.9 Å². The van der Waals surface area contributed by atoms with Crippen LogP contribution in [0.1, 0.15) is 18.4 Å². The minimum Gasteiger partial charge on any atom is -0.409 e. The van der Waals surface area contributed by atoms with Gasteiger partial charge in [0.25, 0.3) is 0 Å². The topological polar surface area (TPSA) is 105 Å². The van der Waals surface area contributed by atoms with Gasteiger partial charge in [0, 0.05) is 28.9 Å². The molecule has 0 aliphatic rings. The molecule has 3 unspecified atom stereocenters. The lowest BCUT2D eigenvalue weighted by Crippen LogP contribution is -2.40. The van der Waals surface area contributed by atoms with Crippen molar-refractivity contribution in [2.75, 3.05) is 12.8 Å². The highest BCUT2D eigenvalue weighted by Crippen LogP contribution is 2.16. The maximum Gasteiger partial charge on any atom is 0.235 e. The fraction of sp³-hybridized carbons (Fsp3) is 0.385. The highest BCUT2D eigenvalue weighted by Gasteiger charge is 2.25. The molecule has 0 aliphatic carbocycles. The number of carbonyl (C=O) groups is 1. The third-order valence-corrected chi connectivity index (χ3v) is 4.24. The molecule has 1 aromatic rings. The standard InChI is InChI=1S/C13H19N3O3S/c1-9(20(2)19)8-15-13(17)11(12(14)16-18)10-6-4-3-5-7-10/h3-7,9,11,18H,8H2,1-2H3,(H2,14,16)(H,15,17). The predicted octanol–water partition coefficient (Wildman–Crippen LogP) is 0.400. The van der Waals surface area contributed by atoms with E-state index in [1.165, 1.54) is 0 Å². The molecule has 3 atom stereocenters. The number of oxime groups is 1. The van der Waals surface area contributed by atoms with E-state index in [0.717, 1.165) is 0 Å². The zero-order chi connectivity index (χ0) is 15.1. The number of nitrogens with zero attached hydrogens (tertiary/aromatic N) is 1. The van der Waals surface area contributed by atoms with Crippen LogP contribution < -0.4 is 11.1 Å². The molecule has 0 spiro atoms. The summed E-state index contributed by atoms with van der Waals surface area (Å²) in [6.45, 7) is 2.04. The molecule has 20 heavy (non-hydrogen) atoms. The molecule has 0 saturated heterocycles. The van der Waals surface area contributed by atoms with Crippen LogP contribution in [-0.4, -0.2) is 39.2 Å². The quantitative estimate of drug-likeness (QED) is 0.306. The van der Waals surface area contributed by atoms with Crippen LogP contribution in [0.5, 0.6) is 0 Å². The van der Waals surface area contributed by atoms with Crippen molar-refractivity contribution in [3.05, 3.63) is 35.9 Å². The Bertz CT molecular complexity index is 505. The first kappa shape index (κ1) is 16.2. The van der Waals surface area contributed by atoms with Gasteiger partial charge in [-0.3, -0.25) is 9.00 Å². The molecule has 7 heteroatoms. The van der Waals surface area contributed by atoms with Crippen molar-refractivity contribution in [1.82, 2.24) is 5.32 Å². The average molecular weight is 297 g/mol. The van der Waals surface area contributed by atoms with E-state index in [2.05, 4.69) is 10.5 Å². The first-order valence-electron chi connectivity index (χ1n) is 6.09. The third-order valence-electron chi connectivity index (χ3n) is 2.94. The predicted molar refractivity (Wildman–Crippen MR) is 79.1 cm³/mol. The summed E-state index contributed by atoms with van der Waals surface area (Å²) >= 11 is 0. The number of amides is 1. The van der Waals surface area contributed by atoms with Gasteiger partial charge in [-0.1, -0.05) is 35.5 Å². The lowest BCUT2D eigenvalue weighted by molar-refractivity contribution is -0.121. The first-order chi connectivity index (χ1) is 9.47. The maximum absolute atomic E-state index is 12.2. The first-order valence-corrected chi connectivity index (χ1v) is 7.71. The zero-order valence-corrected chi connectivity index (χ0v) is 12.3.